The van der Waals surface area contributed by atoms with E-state index in [2.05, 4.69) is 25.6 Å². The van der Waals surface area contributed by atoms with Gasteiger partial charge >= 0.3 is 5.97 Å². The highest BCUT2D eigenvalue weighted by Crippen LogP contribution is 2.18. The molecule has 0 saturated carbocycles. The van der Waals surface area contributed by atoms with E-state index in [4.69, 9.17) is 5.11 Å². The molecule has 3 aromatic rings. The summed E-state index contributed by atoms with van der Waals surface area (Å²) < 4.78 is 0. The van der Waals surface area contributed by atoms with Gasteiger partial charge in [0.05, 0.1) is 17.8 Å². The van der Waals surface area contributed by atoms with Crippen molar-refractivity contribution in [3.8, 4) is 0 Å². The zero-order valence-corrected chi connectivity index (χ0v) is 13.6. The second kappa shape index (κ2) is 7.39. The molecule has 3 N–H and O–H groups in total. The minimum absolute atomic E-state index is 0.238. The smallest absolute Gasteiger partial charge is 0.335 e. The summed E-state index contributed by atoms with van der Waals surface area (Å²) >= 11 is 0. The molecular formula is C18H17N5O2. The van der Waals surface area contributed by atoms with Gasteiger partial charge in [-0.2, -0.15) is 0 Å². The molecule has 0 atom stereocenters. The fourth-order valence-electron chi connectivity index (χ4n) is 2.25. The Morgan fingerprint density at radius 3 is 2.52 bits per heavy atom. The summed E-state index contributed by atoms with van der Waals surface area (Å²) in [6.45, 7) is 2.37. The number of pyridine rings is 1. The van der Waals surface area contributed by atoms with Crippen LogP contribution in [0.25, 0.3) is 0 Å². The minimum atomic E-state index is -0.953. The molecule has 1 aromatic carbocycles. The van der Waals surface area contributed by atoms with Gasteiger partial charge < -0.3 is 15.7 Å². The summed E-state index contributed by atoms with van der Waals surface area (Å²) in [4.78, 5) is 23.9. The third-order valence-corrected chi connectivity index (χ3v) is 3.42. The lowest BCUT2D eigenvalue weighted by molar-refractivity contribution is 0.0697. The van der Waals surface area contributed by atoms with Gasteiger partial charge in [0.2, 0.25) is 0 Å². The predicted molar refractivity (Wildman–Crippen MR) is 95.0 cm³/mol. The Labute approximate surface area is 144 Å². The summed E-state index contributed by atoms with van der Waals surface area (Å²) in [7, 11) is 0. The van der Waals surface area contributed by atoms with Gasteiger partial charge in [-0.15, -0.1) is 0 Å². The van der Waals surface area contributed by atoms with E-state index in [0.29, 0.717) is 24.0 Å². The number of aryl methyl sites for hydroxylation is 1. The minimum Gasteiger partial charge on any atom is -0.478 e. The van der Waals surface area contributed by atoms with Crippen LogP contribution in [0.2, 0.25) is 0 Å². The van der Waals surface area contributed by atoms with Crippen LogP contribution >= 0.6 is 0 Å². The van der Waals surface area contributed by atoms with E-state index in [1.54, 1.807) is 36.5 Å². The molecule has 0 spiro atoms. The number of benzene rings is 1. The first-order valence-electron chi connectivity index (χ1n) is 7.70. The predicted octanol–water partition coefficient (Wildman–Crippen LogP) is 3.23. The number of hydrogen-bond acceptors (Lipinski definition) is 6. The number of aromatic nitrogens is 3. The van der Waals surface area contributed by atoms with Crippen LogP contribution < -0.4 is 10.6 Å². The molecular weight excluding hydrogens is 318 g/mol. The zero-order chi connectivity index (χ0) is 17.6. The Balaban J connectivity index is 1.71. The molecule has 0 fully saturated rings. The first-order chi connectivity index (χ1) is 12.1. The number of nitrogens with one attached hydrogen (secondary N) is 2. The van der Waals surface area contributed by atoms with E-state index >= 15 is 0 Å². The maximum atomic E-state index is 10.9. The average Bonchev–Trinajstić information content (AvgIpc) is 2.61. The van der Waals surface area contributed by atoms with Crippen molar-refractivity contribution in [2.45, 2.75) is 13.5 Å². The Hall–Kier alpha value is -3.48. The summed E-state index contributed by atoms with van der Waals surface area (Å²) in [6.07, 6.45) is 1.75. The number of nitrogens with zero attached hydrogens (tertiary/aromatic N) is 3. The summed E-state index contributed by atoms with van der Waals surface area (Å²) in [5, 5.41) is 15.3. The Morgan fingerprint density at radius 1 is 1.08 bits per heavy atom. The molecule has 0 radical (unpaired) electrons. The number of carbonyl (C=O) groups is 1. The highest BCUT2D eigenvalue weighted by Gasteiger charge is 2.05. The third kappa shape index (κ3) is 4.51. The van der Waals surface area contributed by atoms with E-state index in [1.165, 1.54) is 0 Å². The first kappa shape index (κ1) is 16.4. The highest BCUT2D eigenvalue weighted by molar-refractivity contribution is 5.88. The largest absolute Gasteiger partial charge is 0.478 e. The first-order valence-corrected chi connectivity index (χ1v) is 7.70. The van der Waals surface area contributed by atoms with Crippen LogP contribution in [0.15, 0.2) is 54.7 Å². The maximum absolute atomic E-state index is 10.9. The topological polar surface area (TPSA) is 100 Å². The highest BCUT2D eigenvalue weighted by atomic mass is 16.4. The van der Waals surface area contributed by atoms with Gasteiger partial charge in [0.25, 0.3) is 0 Å². The lowest BCUT2D eigenvalue weighted by Crippen LogP contribution is -2.06. The van der Waals surface area contributed by atoms with E-state index in [-0.39, 0.29) is 5.56 Å². The molecule has 7 heteroatoms. The van der Waals surface area contributed by atoms with Crippen LogP contribution in [0.5, 0.6) is 0 Å². The van der Waals surface area contributed by atoms with Crippen molar-refractivity contribution in [3.63, 3.8) is 0 Å². The van der Waals surface area contributed by atoms with E-state index in [0.717, 1.165) is 11.4 Å². The molecule has 0 bridgehead atoms. The fraction of sp³-hybridized carbons (Fsp3) is 0.111. The number of carboxylic acid groups (broad SMARTS) is 1. The van der Waals surface area contributed by atoms with Gasteiger partial charge in [-0.05, 0) is 43.3 Å². The lowest BCUT2D eigenvalue weighted by Gasteiger charge is -2.10. The van der Waals surface area contributed by atoms with Crippen molar-refractivity contribution in [1.82, 2.24) is 15.0 Å². The normalized spacial score (nSPS) is 10.3. The van der Waals surface area contributed by atoms with Crippen LogP contribution in [-0.4, -0.2) is 26.0 Å². The van der Waals surface area contributed by atoms with Crippen LogP contribution in [0.3, 0.4) is 0 Å². The second-order valence-corrected chi connectivity index (χ2v) is 5.37. The molecule has 0 aliphatic rings. The Morgan fingerprint density at radius 2 is 1.84 bits per heavy atom. The van der Waals surface area contributed by atoms with Gasteiger partial charge in [-0.25, -0.2) is 14.8 Å². The molecule has 0 aliphatic heterocycles. The molecule has 2 aromatic heterocycles. The van der Waals surface area contributed by atoms with Crippen molar-refractivity contribution >= 4 is 23.3 Å². The van der Waals surface area contributed by atoms with E-state index in [1.807, 2.05) is 25.1 Å². The quantitative estimate of drug-likeness (QED) is 0.636. The molecule has 0 saturated heterocycles. The number of carboxylic acids is 1. The second-order valence-electron chi connectivity index (χ2n) is 5.37. The number of anilines is 3. The van der Waals surface area contributed by atoms with Crippen molar-refractivity contribution < 1.29 is 9.90 Å². The average molecular weight is 335 g/mol. The number of aromatic carboxylic acids is 1. The van der Waals surface area contributed by atoms with Crippen molar-refractivity contribution in [1.29, 1.82) is 0 Å². The SMILES string of the molecule is Cc1nc(NCc2ccccn2)cc(Nc2ccc(C(=O)O)cc2)n1. The van der Waals surface area contributed by atoms with Crippen molar-refractivity contribution in [3.05, 3.63) is 71.8 Å². The standard InChI is InChI=1S/C18H17N5O2/c1-12-21-16(20-11-15-4-2-3-9-19-15)10-17(22-12)23-14-7-5-13(6-8-14)18(24)25/h2-10H,11H2,1H3,(H,24,25)(H2,20,21,22,23). The molecule has 126 valence electrons. The number of hydrogen-bond donors (Lipinski definition) is 3. The van der Waals surface area contributed by atoms with Crippen LogP contribution in [0, 0.1) is 6.92 Å². The van der Waals surface area contributed by atoms with Crippen LogP contribution in [0.1, 0.15) is 21.9 Å². The summed E-state index contributed by atoms with van der Waals surface area (Å²) in [6, 6.07) is 14.0. The monoisotopic (exact) mass is 335 g/mol. The lowest BCUT2D eigenvalue weighted by atomic mass is 10.2. The van der Waals surface area contributed by atoms with Crippen LogP contribution in [-0.2, 0) is 6.54 Å². The maximum Gasteiger partial charge on any atom is 0.335 e. The van der Waals surface area contributed by atoms with Gasteiger partial charge in [-0.1, -0.05) is 6.07 Å². The molecule has 0 aliphatic carbocycles. The Kier molecular flexibility index (Phi) is 4.84. The van der Waals surface area contributed by atoms with Gasteiger partial charge in [-0.3, -0.25) is 4.98 Å². The summed E-state index contributed by atoms with van der Waals surface area (Å²) in [5.41, 5.74) is 1.90. The molecule has 0 amide bonds. The van der Waals surface area contributed by atoms with Gasteiger partial charge in [0.15, 0.2) is 0 Å². The van der Waals surface area contributed by atoms with Gasteiger partial charge in [0, 0.05) is 18.0 Å². The number of rotatable bonds is 6. The summed E-state index contributed by atoms with van der Waals surface area (Å²) in [5.74, 6) is 0.975. The molecule has 2 heterocycles. The van der Waals surface area contributed by atoms with Crippen molar-refractivity contribution in [2.75, 3.05) is 10.6 Å². The van der Waals surface area contributed by atoms with E-state index < -0.39 is 5.97 Å². The zero-order valence-electron chi connectivity index (χ0n) is 13.6. The fourth-order valence-corrected chi connectivity index (χ4v) is 2.25. The molecule has 0 unspecified atom stereocenters. The molecule has 3 rings (SSSR count). The van der Waals surface area contributed by atoms with Crippen LogP contribution in [0.4, 0.5) is 17.3 Å². The Bertz CT molecular complexity index is 866. The van der Waals surface area contributed by atoms with Crippen molar-refractivity contribution in [2.24, 2.45) is 0 Å². The van der Waals surface area contributed by atoms with Gasteiger partial charge in [0.1, 0.15) is 17.5 Å². The van der Waals surface area contributed by atoms with E-state index in [9.17, 15) is 4.79 Å². The third-order valence-electron chi connectivity index (χ3n) is 3.42. The molecule has 25 heavy (non-hydrogen) atoms. The molecule has 7 nitrogen and oxygen atoms in total.